The molecule has 0 fully saturated rings. The second kappa shape index (κ2) is 6.98. The molecule has 0 radical (unpaired) electrons. The van der Waals surface area contributed by atoms with Gasteiger partial charge in [-0.25, -0.2) is 10.4 Å². The number of nitrogens with one attached hydrogen (secondary N) is 2. The number of nitro benzene ring substituents is 1. The molecule has 3 aromatic rings. The molecule has 1 aromatic heterocycles. The summed E-state index contributed by atoms with van der Waals surface area (Å²) in [5.41, 5.74) is 8.87. The molecule has 2 aromatic carbocycles. The number of anilines is 1. The first kappa shape index (κ1) is 16.3. The number of nitrogens with zero attached hydrogens (tertiary/aromatic N) is 2. The van der Waals surface area contributed by atoms with Crippen LogP contribution in [0.4, 0.5) is 10.8 Å². The van der Waals surface area contributed by atoms with E-state index in [4.69, 9.17) is 9.47 Å². The lowest BCUT2D eigenvalue weighted by Crippen LogP contribution is -2.20. The van der Waals surface area contributed by atoms with Crippen molar-refractivity contribution in [3.63, 3.8) is 0 Å². The highest BCUT2D eigenvalue weighted by Gasteiger charge is 2.13. The Morgan fingerprint density at radius 2 is 1.96 bits per heavy atom. The van der Waals surface area contributed by atoms with Crippen LogP contribution in [0.2, 0.25) is 0 Å². The third-order valence-electron chi connectivity index (χ3n) is 3.80. The smallest absolute Gasteiger partial charge is 0.269 e. The third-order valence-corrected chi connectivity index (χ3v) is 4.56. The number of benzene rings is 2. The molecule has 1 aliphatic heterocycles. The van der Waals surface area contributed by atoms with E-state index in [1.807, 2.05) is 23.6 Å². The summed E-state index contributed by atoms with van der Waals surface area (Å²) >= 11 is 1.45. The highest BCUT2D eigenvalue weighted by atomic mass is 32.1. The van der Waals surface area contributed by atoms with Gasteiger partial charge in [0, 0.05) is 29.6 Å². The van der Waals surface area contributed by atoms with E-state index < -0.39 is 4.92 Å². The summed E-state index contributed by atoms with van der Waals surface area (Å²) in [7, 11) is 0. The van der Waals surface area contributed by atoms with Crippen LogP contribution in [0.3, 0.4) is 0 Å². The van der Waals surface area contributed by atoms with Crippen molar-refractivity contribution in [2.75, 3.05) is 12.2 Å². The van der Waals surface area contributed by atoms with Crippen molar-refractivity contribution >= 4 is 22.2 Å². The number of non-ortho nitro benzene ring substituents is 1. The standard InChI is InChI=1S/C17H14N4O4S/c22-21(23)13-4-2-12(3-5-13)14-9-26-17(19-14)20-18-8-11-1-6-15-16(7-11)25-10-24-15/h1-7,9,18H,8,10H2,(H,19,20). The monoisotopic (exact) mass is 370 g/mol. The Morgan fingerprint density at radius 3 is 2.77 bits per heavy atom. The summed E-state index contributed by atoms with van der Waals surface area (Å²) in [6, 6.07) is 12.1. The summed E-state index contributed by atoms with van der Waals surface area (Å²) in [5.74, 6) is 1.51. The number of thiazole rings is 1. The average molecular weight is 370 g/mol. The topological polar surface area (TPSA) is 98.6 Å². The van der Waals surface area contributed by atoms with Crippen molar-refractivity contribution in [2.24, 2.45) is 0 Å². The molecule has 0 saturated carbocycles. The zero-order chi connectivity index (χ0) is 17.9. The Kier molecular flexibility index (Phi) is 4.38. The maximum Gasteiger partial charge on any atom is 0.269 e. The van der Waals surface area contributed by atoms with Gasteiger partial charge in [0.25, 0.3) is 5.69 Å². The third kappa shape index (κ3) is 3.44. The molecule has 9 heteroatoms. The largest absolute Gasteiger partial charge is 0.454 e. The lowest BCUT2D eigenvalue weighted by Gasteiger charge is -2.06. The average Bonchev–Trinajstić information content (AvgIpc) is 3.30. The van der Waals surface area contributed by atoms with Gasteiger partial charge in [-0.1, -0.05) is 6.07 Å². The fourth-order valence-corrected chi connectivity index (χ4v) is 3.18. The summed E-state index contributed by atoms with van der Waals surface area (Å²) in [6.07, 6.45) is 0. The van der Waals surface area contributed by atoms with Crippen LogP contribution in [-0.2, 0) is 6.54 Å². The van der Waals surface area contributed by atoms with Crippen LogP contribution in [0, 0.1) is 10.1 Å². The molecule has 1 aliphatic rings. The van der Waals surface area contributed by atoms with E-state index in [-0.39, 0.29) is 12.5 Å². The van der Waals surface area contributed by atoms with Gasteiger partial charge in [-0.15, -0.1) is 11.3 Å². The summed E-state index contributed by atoms with van der Waals surface area (Å²) < 4.78 is 10.6. The molecule has 8 nitrogen and oxygen atoms in total. The Morgan fingerprint density at radius 1 is 1.15 bits per heavy atom. The first-order valence-electron chi connectivity index (χ1n) is 7.77. The van der Waals surface area contributed by atoms with Crippen molar-refractivity contribution in [2.45, 2.75) is 6.54 Å². The predicted octanol–water partition coefficient (Wildman–Crippen LogP) is 3.56. The van der Waals surface area contributed by atoms with Gasteiger partial charge in [0.05, 0.1) is 10.6 Å². The van der Waals surface area contributed by atoms with Crippen LogP contribution in [0.5, 0.6) is 11.5 Å². The van der Waals surface area contributed by atoms with E-state index in [0.29, 0.717) is 11.7 Å². The van der Waals surface area contributed by atoms with Crippen molar-refractivity contribution in [3.8, 4) is 22.8 Å². The molecule has 2 N–H and O–H groups in total. The Balaban J connectivity index is 1.35. The van der Waals surface area contributed by atoms with E-state index in [1.165, 1.54) is 23.5 Å². The first-order chi connectivity index (χ1) is 12.7. The highest BCUT2D eigenvalue weighted by molar-refractivity contribution is 7.14. The number of aromatic nitrogens is 1. The second-order valence-electron chi connectivity index (χ2n) is 5.51. The lowest BCUT2D eigenvalue weighted by atomic mass is 10.1. The SMILES string of the molecule is O=[N+]([O-])c1ccc(-c2csc(NNCc3ccc4c(c3)OCO4)n2)cc1. The normalized spacial score (nSPS) is 12.2. The van der Waals surface area contributed by atoms with E-state index in [1.54, 1.807) is 12.1 Å². The number of fused-ring (bicyclic) bond motifs is 1. The van der Waals surface area contributed by atoms with Crippen LogP contribution in [0.25, 0.3) is 11.3 Å². The van der Waals surface area contributed by atoms with Gasteiger partial charge >= 0.3 is 0 Å². The Labute approximate surface area is 152 Å². The first-order valence-corrected chi connectivity index (χ1v) is 8.65. The van der Waals surface area contributed by atoms with Crippen molar-refractivity contribution < 1.29 is 14.4 Å². The quantitative estimate of drug-likeness (QED) is 0.505. The predicted molar refractivity (Wildman–Crippen MR) is 97.2 cm³/mol. The fraction of sp³-hybridized carbons (Fsp3) is 0.118. The van der Waals surface area contributed by atoms with Crippen LogP contribution in [0.15, 0.2) is 47.8 Å². The van der Waals surface area contributed by atoms with E-state index in [2.05, 4.69) is 15.8 Å². The minimum atomic E-state index is -0.419. The van der Waals surface area contributed by atoms with E-state index in [9.17, 15) is 10.1 Å². The van der Waals surface area contributed by atoms with Crippen molar-refractivity contribution in [1.29, 1.82) is 0 Å². The fourth-order valence-electron chi connectivity index (χ4n) is 2.49. The number of hydrogen-bond acceptors (Lipinski definition) is 8. The molecule has 0 amide bonds. The summed E-state index contributed by atoms with van der Waals surface area (Å²) in [5, 5.41) is 13.3. The molecule has 0 unspecified atom stereocenters. The minimum Gasteiger partial charge on any atom is -0.454 e. The molecule has 0 bridgehead atoms. The summed E-state index contributed by atoms with van der Waals surface area (Å²) in [4.78, 5) is 14.8. The maximum atomic E-state index is 10.7. The molecule has 2 heterocycles. The van der Waals surface area contributed by atoms with Gasteiger partial charge in [0.15, 0.2) is 16.6 Å². The number of rotatable bonds is 6. The number of hydrogen-bond donors (Lipinski definition) is 2. The molecule has 132 valence electrons. The number of nitro groups is 1. The van der Waals surface area contributed by atoms with E-state index in [0.717, 1.165) is 28.3 Å². The van der Waals surface area contributed by atoms with Gasteiger partial charge in [-0.05, 0) is 29.8 Å². The lowest BCUT2D eigenvalue weighted by molar-refractivity contribution is -0.384. The maximum absolute atomic E-state index is 10.7. The van der Waals surface area contributed by atoms with Gasteiger partial charge in [0.1, 0.15) is 0 Å². The Bertz CT molecular complexity index is 942. The second-order valence-corrected chi connectivity index (χ2v) is 6.37. The molecule has 0 saturated heterocycles. The molecule has 0 atom stereocenters. The summed E-state index contributed by atoms with van der Waals surface area (Å²) in [6.45, 7) is 0.845. The molecule has 4 rings (SSSR count). The van der Waals surface area contributed by atoms with Gasteiger partial charge in [-0.2, -0.15) is 0 Å². The highest BCUT2D eigenvalue weighted by Crippen LogP contribution is 2.32. The zero-order valence-electron chi connectivity index (χ0n) is 13.5. The van der Waals surface area contributed by atoms with E-state index >= 15 is 0 Å². The van der Waals surface area contributed by atoms with Gasteiger partial charge in [-0.3, -0.25) is 15.5 Å². The van der Waals surface area contributed by atoms with Crippen LogP contribution in [0.1, 0.15) is 5.56 Å². The van der Waals surface area contributed by atoms with Crippen LogP contribution < -0.4 is 20.3 Å². The van der Waals surface area contributed by atoms with Crippen molar-refractivity contribution in [3.05, 3.63) is 63.5 Å². The molecule has 26 heavy (non-hydrogen) atoms. The number of hydrazine groups is 1. The zero-order valence-corrected chi connectivity index (χ0v) is 14.3. The molecule has 0 spiro atoms. The molecule has 0 aliphatic carbocycles. The Hall–Kier alpha value is -3.17. The molecular weight excluding hydrogens is 356 g/mol. The number of ether oxygens (including phenoxy) is 2. The van der Waals surface area contributed by atoms with Crippen LogP contribution >= 0.6 is 11.3 Å². The minimum absolute atomic E-state index is 0.0627. The molecular formula is C17H14N4O4S. The van der Waals surface area contributed by atoms with Crippen LogP contribution in [-0.4, -0.2) is 16.7 Å². The van der Waals surface area contributed by atoms with Gasteiger partial charge in [0.2, 0.25) is 6.79 Å². The van der Waals surface area contributed by atoms with Gasteiger partial charge < -0.3 is 9.47 Å². The van der Waals surface area contributed by atoms with Crippen molar-refractivity contribution in [1.82, 2.24) is 10.4 Å².